The number of fused-ring (bicyclic) bond motifs is 2. The predicted molar refractivity (Wildman–Crippen MR) is 77.2 cm³/mol. The van der Waals surface area contributed by atoms with Crippen molar-refractivity contribution >= 4 is 65.0 Å². The van der Waals surface area contributed by atoms with Crippen LogP contribution in [0.4, 0.5) is 0 Å². The molecule has 3 rings (SSSR count). The lowest BCUT2D eigenvalue weighted by molar-refractivity contribution is 0.108. The standard InChI is InChI=1S/C13H6BrClOS/c14-11-9-5-7-3-1-2-4-8(7)6-10(9)17-12(11)13(15)16/h1-6H. The normalized spacial score (nSPS) is 11.2. The molecule has 0 spiro atoms. The lowest BCUT2D eigenvalue weighted by Gasteiger charge is -1.97. The molecule has 2 aromatic carbocycles. The second kappa shape index (κ2) is 4.09. The van der Waals surface area contributed by atoms with E-state index in [0.717, 1.165) is 19.9 Å². The molecule has 0 saturated carbocycles. The summed E-state index contributed by atoms with van der Waals surface area (Å²) >= 11 is 10.4. The van der Waals surface area contributed by atoms with E-state index in [1.165, 1.54) is 16.7 Å². The van der Waals surface area contributed by atoms with Gasteiger partial charge >= 0.3 is 0 Å². The van der Waals surface area contributed by atoms with Crippen molar-refractivity contribution in [1.29, 1.82) is 0 Å². The van der Waals surface area contributed by atoms with Crippen LogP contribution in [0.2, 0.25) is 0 Å². The largest absolute Gasteiger partial charge is 0.275 e. The van der Waals surface area contributed by atoms with Crippen molar-refractivity contribution < 1.29 is 4.79 Å². The number of benzene rings is 2. The minimum absolute atomic E-state index is 0.415. The molecule has 0 aliphatic carbocycles. The average molecular weight is 326 g/mol. The number of rotatable bonds is 1. The second-order valence-electron chi connectivity index (χ2n) is 3.71. The molecule has 0 fully saturated rings. The van der Waals surface area contributed by atoms with Gasteiger partial charge in [0.25, 0.3) is 5.24 Å². The van der Waals surface area contributed by atoms with E-state index in [1.807, 2.05) is 12.1 Å². The number of carbonyl (C=O) groups is 1. The lowest BCUT2D eigenvalue weighted by atomic mass is 10.1. The van der Waals surface area contributed by atoms with Crippen LogP contribution in [-0.2, 0) is 0 Å². The molecular weight excluding hydrogens is 320 g/mol. The third kappa shape index (κ3) is 1.79. The highest BCUT2D eigenvalue weighted by molar-refractivity contribution is 9.10. The number of hydrogen-bond donors (Lipinski definition) is 0. The highest BCUT2D eigenvalue weighted by Crippen LogP contribution is 2.38. The van der Waals surface area contributed by atoms with Gasteiger partial charge in [-0.1, -0.05) is 24.3 Å². The fourth-order valence-electron chi connectivity index (χ4n) is 1.88. The molecule has 1 heterocycles. The van der Waals surface area contributed by atoms with E-state index >= 15 is 0 Å². The molecular formula is C13H6BrClOS. The smallest absolute Gasteiger partial charge is 0.263 e. The van der Waals surface area contributed by atoms with E-state index < -0.39 is 5.24 Å². The molecule has 0 aliphatic heterocycles. The van der Waals surface area contributed by atoms with E-state index in [0.29, 0.717) is 4.88 Å². The minimum Gasteiger partial charge on any atom is -0.275 e. The summed E-state index contributed by atoms with van der Waals surface area (Å²) in [6.45, 7) is 0. The molecule has 0 radical (unpaired) electrons. The maximum atomic E-state index is 11.3. The zero-order chi connectivity index (χ0) is 12.0. The van der Waals surface area contributed by atoms with Crippen LogP contribution in [0.5, 0.6) is 0 Å². The van der Waals surface area contributed by atoms with Gasteiger partial charge in [-0.25, -0.2) is 0 Å². The van der Waals surface area contributed by atoms with Crippen LogP contribution < -0.4 is 0 Å². The summed E-state index contributed by atoms with van der Waals surface area (Å²) in [5.41, 5.74) is 0. The molecule has 4 heteroatoms. The number of halogens is 2. The van der Waals surface area contributed by atoms with Gasteiger partial charge in [0, 0.05) is 14.6 Å². The zero-order valence-corrected chi connectivity index (χ0v) is 11.7. The monoisotopic (exact) mass is 324 g/mol. The van der Waals surface area contributed by atoms with Gasteiger partial charge in [-0.15, -0.1) is 11.3 Å². The molecule has 0 saturated heterocycles. The van der Waals surface area contributed by atoms with E-state index in [9.17, 15) is 4.79 Å². The van der Waals surface area contributed by atoms with E-state index in [4.69, 9.17) is 11.6 Å². The van der Waals surface area contributed by atoms with Crippen LogP contribution in [-0.4, -0.2) is 5.24 Å². The average Bonchev–Trinajstić information content (AvgIpc) is 2.64. The second-order valence-corrected chi connectivity index (χ2v) is 5.90. The molecule has 0 aliphatic rings. The Bertz CT molecular complexity index is 748. The molecule has 3 aromatic rings. The molecule has 0 bridgehead atoms. The van der Waals surface area contributed by atoms with Crippen molar-refractivity contribution in [3.63, 3.8) is 0 Å². The number of carbonyl (C=O) groups excluding carboxylic acids is 1. The van der Waals surface area contributed by atoms with Gasteiger partial charge in [0.05, 0.1) is 0 Å². The summed E-state index contributed by atoms with van der Waals surface area (Å²) in [6.07, 6.45) is 0. The van der Waals surface area contributed by atoms with Gasteiger partial charge in [-0.3, -0.25) is 4.79 Å². The van der Waals surface area contributed by atoms with Crippen molar-refractivity contribution in [2.24, 2.45) is 0 Å². The van der Waals surface area contributed by atoms with Crippen molar-refractivity contribution in [3.05, 3.63) is 45.7 Å². The maximum absolute atomic E-state index is 11.3. The van der Waals surface area contributed by atoms with Gasteiger partial charge in [0.15, 0.2) is 0 Å². The molecule has 17 heavy (non-hydrogen) atoms. The SMILES string of the molecule is O=C(Cl)c1sc2cc3ccccc3cc2c1Br. The van der Waals surface area contributed by atoms with Crippen LogP contribution in [0.15, 0.2) is 40.9 Å². The van der Waals surface area contributed by atoms with Crippen molar-refractivity contribution in [3.8, 4) is 0 Å². The fraction of sp³-hybridized carbons (Fsp3) is 0. The summed E-state index contributed by atoms with van der Waals surface area (Å²) in [5, 5.41) is 2.95. The van der Waals surface area contributed by atoms with Crippen LogP contribution in [0.3, 0.4) is 0 Å². The van der Waals surface area contributed by atoms with Crippen LogP contribution in [0, 0.1) is 0 Å². The minimum atomic E-state index is -0.415. The number of thiophene rings is 1. The predicted octanol–water partition coefficient (Wildman–Crippen LogP) is 5.20. The quantitative estimate of drug-likeness (QED) is 0.562. The van der Waals surface area contributed by atoms with Gasteiger partial charge in [-0.2, -0.15) is 0 Å². The Morgan fingerprint density at radius 2 is 1.82 bits per heavy atom. The van der Waals surface area contributed by atoms with Crippen LogP contribution >= 0.6 is 38.9 Å². The summed E-state index contributed by atoms with van der Waals surface area (Å²) in [6, 6.07) is 12.3. The van der Waals surface area contributed by atoms with Crippen molar-refractivity contribution in [2.75, 3.05) is 0 Å². The third-order valence-electron chi connectivity index (χ3n) is 2.67. The van der Waals surface area contributed by atoms with E-state index in [-0.39, 0.29) is 0 Å². The highest BCUT2D eigenvalue weighted by Gasteiger charge is 2.15. The first-order valence-corrected chi connectivity index (χ1v) is 6.96. The Kier molecular flexibility index (Phi) is 2.69. The Morgan fingerprint density at radius 3 is 2.47 bits per heavy atom. The molecule has 1 nitrogen and oxygen atoms in total. The molecule has 1 aromatic heterocycles. The molecule has 0 amide bonds. The molecule has 0 unspecified atom stereocenters. The Hall–Kier alpha value is -0.900. The lowest BCUT2D eigenvalue weighted by Crippen LogP contribution is -1.82. The molecule has 84 valence electrons. The maximum Gasteiger partial charge on any atom is 0.263 e. The Labute approximate surface area is 115 Å². The molecule has 0 atom stereocenters. The van der Waals surface area contributed by atoms with Crippen molar-refractivity contribution in [1.82, 2.24) is 0 Å². The van der Waals surface area contributed by atoms with Crippen LogP contribution in [0.1, 0.15) is 9.67 Å². The summed E-state index contributed by atoms with van der Waals surface area (Å²) < 4.78 is 1.86. The Balaban J connectivity index is 2.44. The first-order valence-electron chi connectivity index (χ1n) is 4.97. The summed E-state index contributed by atoms with van der Waals surface area (Å²) in [7, 11) is 0. The molecule has 0 N–H and O–H groups in total. The van der Waals surface area contributed by atoms with Gasteiger partial charge < -0.3 is 0 Å². The summed E-state index contributed by atoms with van der Waals surface area (Å²) in [4.78, 5) is 11.8. The van der Waals surface area contributed by atoms with Crippen LogP contribution in [0.25, 0.3) is 20.9 Å². The van der Waals surface area contributed by atoms with Crippen molar-refractivity contribution in [2.45, 2.75) is 0 Å². The van der Waals surface area contributed by atoms with E-state index in [2.05, 4.69) is 40.2 Å². The number of hydrogen-bond acceptors (Lipinski definition) is 2. The van der Waals surface area contributed by atoms with Gasteiger partial charge in [0.2, 0.25) is 0 Å². The zero-order valence-electron chi connectivity index (χ0n) is 8.54. The third-order valence-corrected chi connectivity index (χ3v) is 5.21. The van der Waals surface area contributed by atoms with Gasteiger partial charge in [-0.05, 0) is 50.4 Å². The first-order chi connectivity index (χ1) is 8.16. The fourth-order valence-corrected chi connectivity index (χ4v) is 4.04. The van der Waals surface area contributed by atoms with E-state index in [1.54, 1.807) is 0 Å². The first kappa shape index (κ1) is 11.2. The Morgan fingerprint density at radius 1 is 1.18 bits per heavy atom. The highest BCUT2D eigenvalue weighted by atomic mass is 79.9. The summed E-state index contributed by atoms with van der Waals surface area (Å²) in [5.74, 6) is 0. The van der Waals surface area contributed by atoms with Gasteiger partial charge in [0.1, 0.15) is 4.88 Å². The topological polar surface area (TPSA) is 17.1 Å².